The molecule has 2 heteroatoms. The molecule has 0 bridgehead atoms. The molecule has 3 rings (SSSR count). The van der Waals surface area contributed by atoms with Crippen molar-refractivity contribution >= 4 is 17.5 Å². The first-order chi connectivity index (χ1) is 9.33. The monoisotopic (exact) mass is 249 g/mol. The Labute approximate surface area is 111 Å². The predicted octanol–water partition coefficient (Wildman–Crippen LogP) is 4.53. The lowest BCUT2D eigenvalue weighted by molar-refractivity contribution is 0.628. The lowest BCUT2D eigenvalue weighted by atomic mass is 10.1. The van der Waals surface area contributed by atoms with Crippen LogP contribution < -0.4 is 0 Å². The van der Waals surface area contributed by atoms with Crippen LogP contribution in [0.3, 0.4) is 0 Å². The molecule has 1 heterocycles. The maximum atomic E-state index is 13.0. The number of rotatable bonds is 1. The highest BCUT2D eigenvalue weighted by molar-refractivity contribution is 6.10. The molecule has 0 fully saturated rings. The van der Waals surface area contributed by atoms with Crippen molar-refractivity contribution in [3.8, 4) is 0 Å². The van der Waals surface area contributed by atoms with Gasteiger partial charge < -0.3 is 0 Å². The van der Waals surface area contributed by atoms with E-state index in [2.05, 4.69) is 4.99 Å². The zero-order valence-corrected chi connectivity index (χ0v) is 10.3. The van der Waals surface area contributed by atoms with E-state index in [0.717, 1.165) is 22.5 Å². The molecule has 0 spiro atoms. The number of nitrogens with zero attached hydrogens (tertiary/aromatic N) is 1. The second kappa shape index (κ2) is 5.02. The molecular formula is C17H12FN. The normalized spacial score (nSPS) is 16.8. The predicted molar refractivity (Wildman–Crippen MR) is 77.2 cm³/mol. The van der Waals surface area contributed by atoms with E-state index in [1.165, 1.54) is 12.1 Å². The lowest BCUT2D eigenvalue weighted by Gasteiger charge is -2.06. The molecule has 1 aliphatic heterocycles. The number of aliphatic imine (C=N–C) groups is 1. The molecule has 0 saturated carbocycles. The van der Waals surface area contributed by atoms with Crippen LogP contribution in [0, 0.1) is 5.82 Å². The van der Waals surface area contributed by atoms with Gasteiger partial charge in [-0.05, 0) is 36.4 Å². The number of allylic oxidation sites excluding steroid dienone is 3. The molecule has 92 valence electrons. The summed E-state index contributed by atoms with van der Waals surface area (Å²) in [5.41, 5.74) is 3.73. The van der Waals surface area contributed by atoms with Crippen molar-refractivity contribution in [2.45, 2.75) is 0 Å². The Morgan fingerprint density at radius 2 is 1.53 bits per heavy atom. The lowest BCUT2D eigenvalue weighted by Crippen LogP contribution is -1.97. The molecule has 0 aromatic heterocycles. The zero-order valence-electron chi connectivity index (χ0n) is 10.3. The minimum absolute atomic E-state index is 0.237. The van der Waals surface area contributed by atoms with E-state index in [1.54, 1.807) is 12.1 Å². The van der Waals surface area contributed by atoms with Crippen LogP contribution in [-0.2, 0) is 0 Å². The van der Waals surface area contributed by atoms with Crippen molar-refractivity contribution in [3.63, 3.8) is 0 Å². The minimum Gasteiger partial charge on any atom is -0.248 e. The summed E-state index contributed by atoms with van der Waals surface area (Å²) in [6.07, 6.45) is 7.88. The minimum atomic E-state index is -0.237. The Morgan fingerprint density at radius 1 is 0.789 bits per heavy atom. The molecule has 2 aromatic rings. The number of benzene rings is 2. The van der Waals surface area contributed by atoms with E-state index in [9.17, 15) is 4.39 Å². The third kappa shape index (κ3) is 2.52. The van der Waals surface area contributed by atoms with Gasteiger partial charge in [0.15, 0.2) is 0 Å². The molecule has 0 aliphatic carbocycles. The van der Waals surface area contributed by atoms with E-state index in [0.29, 0.717) is 0 Å². The average molecular weight is 249 g/mol. The van der Waals surface area contributed by atoms with Crippen molar-refractivity contribution in [3.05, 3.63) is 83.7 Å². The van der Waals surface area contributed by atoms with Crippen molar-refractivity contribution < 1.29 is 4.39 Å². The molecule has 0 atom stereocenters. The average Bonchev–Trinajstić information content (AvgIpc) is 2.41. The van der Waals surface area contributed by atoms with E-state index in [-0.39, 0.29) is 5.82 Å². The summed E-state index contributed by atoms with van der Waals surface area (Å²) in [4.78, 5) is 4.66. The quantitative estimate of drug-likeness (QED) is 0.704. The van der Waals surface area contributed by atoms with Crippen LogP contribution in [0.2, 0.25) is 0 Å². The summed E-state index contributed by atoms with van der Waals surface area (Å²) in [6, 6.07) is 14.3. The van der Waals surface area contributed by atoms with Gasteiger partial charge in [0, 0.05) is 11.1 Å². The summed E-state index contributed by atoms with van der Waals surface area (Å²) < 4.78 is 13.0. The van der Waals surface area contributed by atoms with Crippen LogP contribution in [0.25, 0.3) is 6.08 Å². The van der Waals surface area contributed by atoms with Gasteiger partial charge in [-0.15, -0.1) is 0 Å². The maximum absolute atomic E-state index is 13.0. The first kappa shape index (κ1) is 11.6. The summed E-state index contributed by atoms with van der Waals surface area (Å²) in [6.45, 7) is 0. The van der Waals surface area contributed by atoms with E-state index in [4.69, 9.17) is 0 Å². The van der Waals surface area contributed by atoms with Crippen molar-refractivity contribution in [1.82, 2.24) is 0 Å². The van der Waals surface area contributed by atoms with Gasteiger partial charge in [0.1, 0.15) is 5.82 Å². The van der Waals surface area contributed by atoms with Gasteiger partial charge in [0.2, 0.25) is 0 Å². The first-order valence-corrected chi connectivity index (χ1v) is 6.11. The molecule has 2 aromatic carbocycles. The fourth-order valence-electron chi connectivity index (χ4n) is 1.98. The zero-order chi connectivity index (χ0) is 13.1. The van der Waals surface area contributed by atoms with Crippen LogP contribution in [0.5, 0.6) is 0 Å². The van der Waals surface area contributed by atoms with Gasteiger partial charge in [0.05, 0.1) is 11.4 Å². The van der Waals surface area contributed by atoms with Crippen LogP contribution in [0.4, 0.5) is 10.1 Å². The topological polar surface area (TPSA) is 12.4 Å². The smallest absolute Gasteiger partial charge is 0.123 e. The Morgan fingerprint density at radius 3 is 2.37 bits per heavy atom. The number of halogens is 1. The van der Waals surface area contributed by atoms with Crippen LogP contribution in [0.15, 0.2) is 71.8 Å². The number of hydrogen-bond acceptors (Lipinski definition) is 1. The highest BCUT2D eigenvalue weighted by atomic mass is 19.1. The second-order valence-electron chi connectivity index (χ2n) is 4.28. The van der Waals surface area contributed by atoms with Crippen molar-refractivity contribution in [2.24, 2.45) is 4.99 Å². The highest BCUT2D eigenvalue weighted by Gasteiger charge is 2.04. The third-order valence-electron chi connectivity index (χ3n) is 2.96. The third-order valence-corrected chi connectivity index (χ3v) is 2.96. The Balaban J connectivity index is 2.11. The van der Waals surface area contributed by atoms with E-state index in [1.807, 2.05) is 48.6 Å². The Bertz CT molecular complexity index is 679. The summed E-state index contributed by atoms with van der Waals surface area (Å²) in [5, 5.41) is 0. The first-order valence-electron chi connectivity index (χ1n) is 6.11. The largest absolute Gasteiger partial charge is 0.248 e. The molecule has 0 N–H and O–H groups in total. The van der Waals surface area contributed by atoms with Gasteiger partial charge in [-0.25, -0.2) is 9.38 Å². The van der Waals surface area contributed by atoms with Crippen molar-refractivity contribution in [2.75, 3.05) is 0 Å². The Kier molecular flexibility index (Phi) is 3.07. The summed E-state index contributed by atoms with van der Waals surface area (Å²) in [7, 11) is 0. The van der Waals surface area contributed by atoms with Gasteiger partial charge in [-0.1, -0.05) is 36.4 Å². The van der Waals surface area contributed by atoms with Gasteiger partial charge in [0.25, 0.3) is 0 Å². The molecule has 0 radical (unpaired) electrons. The van der Waals surface area contributed by atoms with Crippen LogP contribution >= 0.6 is 0 Å². The standard InChI is InChI=1S/C17H12FN/c18-15-11-9-14(10-12-15)17-8-4-2-6-13-5-1-3-7-16(13)19-17/h1-12H/b4-2?,6-2-,8-4-,13-6?,17-8?,19-16?,19-17?. The van der Waals surface area contributed by atoms with Gasteiger partial charge >= 0.3 is 0 Å². The fraction of sp³-hybridized carbons (Fsp3) is 0. The molecule has 19 heavy (non-hydrogen) atoms. The van der Waals surface area contributed by atoms with Crippen molar-refractivity contribution in [1.29, 1.82) is 0 Å². The molecule has 1 aliphatic rings. The van der Waals surface area contributed by atoms with E-state index < -0.39 is 0 Å². The van der Waals surface area contributed by atoms with E-state index >= 15 is 0 Å². The molecule has 0 saturated heterocycles. The maximum Gasteiger partial charge on any atom is 0.123 e. The fourth-order valence-corrected chi connectivity index (χ4v) is 1.98. The molecule has 0 unspecified atom stereocenters. The summed E-state index contributed by atoms with van der Waals surface area (Å²) >= 11 is 0. The number of fused-ring (bicyclic) bond motifs is 1. The molecule has 0 amide bonds. The summed E-state index contributed by atoms with van der Waals surface area (Å²) in [5.74, 6) is -0.237. The SMILES string of the molecule is Fc1ccc(C2=Nc3ccccc3/C=C\C=C/2)cc1. The second-order valence-corrected chi connectivity index (χ2v) is 4.28. The number of para-hydroxylation sites is 1. The van der Waals surface area contributed by atoms with Gasteiger partial charge in [-0.3, -0.25) is 0 Å². The van der Waals surface area contributed by atoms with Crippen LogP contribution in [0.1, 0.15) is 11.1 Å². The van der Waals surface area contributed by atoms with Crippen LogP contribution in [-0.4, -0.2) is 5.71 Å². The number of hydrogen-bond donors (Lipinski definition) is 0. The highest BCUT2D eigenvalue weighted by Crippen LogP contribution is 2.23. The molecule has 1 nitrogen and oxygen atoms in total. The van der Waals surface area contributed by atoms with Gasteiger partial charge in [-0.2, -0.15) is 0 Å². The molecular weight excluding hydrogens is 237 g/mol. The Hall–Kier alpha value is -2.48.